The third-order valence-corrected chi connectivity index (χ3v) is 2.99. The Morgan fingerprint density at radius 1 is 1.06 bits per heavy atom. The van der Waals surface area contributed by atoms with E-state index in [1.54, 1.807) is 0 Å². The van der Waals surface area contributed by atoms with E-state index in [9.17, 15) is 0 Å². The van der Waals surface area contributed by atoms with Gasteiger partial charge in [0.1, 0.15) is 17.1 Å². The van der Waals surface area contributed by atoms with Crippen LogP contribution >= 0.6 is 0 Å². The number of rotatable bonds is 4. The predicted octanol–water partition coefficient (Wildman–Crippen LogP) is 3.34. The summed E-state index contributed by atoms with van der Waals surface area (Å²) in [5.41, 5.74) is 2.09. The zero-order valence-corrected chi connectivity index (χ0v) is 10.3. The summed E-state index contributed by atoms with van der Waals surface area (Å²) in [6, 6.07) is 12.1. The number of fused-ring (bicyclic) bond motifs is 1. The second kappa shape index (κ2) is 4.70. The summed E-state index contributed by atoms with van der Waals surface area (Å²) in [5, 5.41) is 4.23. The molecule has 0 saturated heterocycles. The fraction of sp³-hybridized carbons (Fsp3) is 0.200. The highest BCUT2D eigenvalue weighted by Gasteiger charge is 2.08. The minimum Gasteiger partial charge on any atom is -0.464 e. The van der Waals surface area contributed by atoms with Crippen LogP contribution in [0.1, 0.15) is 17.1 Å². The van der Waals surface area contributed by atoms with Crippen molar-refractivity contribution in [1.29, 1.82) is 0 Å². The van der Waals surface area contributed by atoms with Crippen LogP contribution in [-0.2, 0) is 13.0 Å². The third-order valence-electron chi connectivity index (χ3n) is 2.99. The van der Waals surface area contributed by atoms with Crippen LogP contribution in [0, 0.1) is 0 Å². The van der Waals surface area contributed by atoms with Gasteiger partial charge >= 0.3 is 0 Å². The Labute approximate surface area is 105 Å². The van der Waals surface area contributed by atoms with E-state index in [-0.39, 0.29) is 0 Å². The quantitative estimate of drug-likeness (QED) is 0.761. The zero-order chi connectivity index (χ0) is 12.4. The van der Waals surface area contributed by atoms with Crippen LogP contribution in [0.3, 0.4) is 0 Å². The zero-order valence-electron chi connectivity index (χ0n) is 10.3. The number of benzene rings is 1. The predicted molar refractivity (Wildman–Crippen MR) is 70.5 cm³/mol. The minimum absolute atomic E-state index is 0.756. The highest BCUT2D eigenvalue weighted by atomic mass is 16.3. The maximum Gasteiger partial charge on any atom is 0.134 e. The molecule has 0 atom stereocenters. The van der Waals surface area contributed by atoms with E-state index in [0.29, 0.717) is 0 Å². The number of hydrogen-bond acceptors (Lipinski definition) is 3. The molecule has 0 radical (unpaired) electrons. The smallest absolute Gasteiger partial charge is 0.134 e. The SMILES string of the molecule is CNCc1ccc(Cc2coc3ccccc23)o1. The second-order valence-corrected chi connectivity index (χ2v) is 4.33. The monoisotopic (exact) mass is 241 g/mol. The van der Waals surface area contributed by atoms with Crippen LogP contribution < -0.4 is 5.32 Å². The lowest BCUT2D eigenvalue weighted by Crippen LogP contribution is -2.03. The molecule has 0 amide bonds. The summed E-state index contributed by atoms with van der Waals surface area (Å²) in [5.74, 6) is 1.92. The molecule has 0 spiro atoms. The largest absolute Gasteiger partial charge is 0.464 e. The second-order valence-electron chi connectivity index (χ2n) is 4.33. The van der Waals surface area contributed by atoms with E-state index >= 15 is 0 Å². The van der Waals surface area contributed by atoms with Gasteiger partial charge in [0.2, 0.25) is 0 Å². The van der Waals surface area contributed by atoms with Crippen molar-refractivity contribution in [1.82, 2.24) is 5.32 Å². The van der Waals surface area contributed by atoms with Gasteiger partial charge in [0, 0.05) is 17.4 Å². The van der Waals surface area contributed by atoms with E-state index < -0.39 is 0 Å². The van der Waals surface area contributed by atoms with E-state index in [4.69, 9.17) is 8.83 Å². The first kappa shape index (κ1) is 11.1. The van der Waals surface area contributed by atoms with Crippen LogP contribution in [0.4, 0.5) is 0 Å². The topological polar surface area (TPSA) is 38.3 Å². The maximum absolute atomic E-state index is 5.74. The van der Waals surface area contributed by atoms with E-state index in [2.05, 4.69) is 11.4 Å². The molecule has 1 N–H and O–H groups in total. The van der Waals surface area contributed by atoms with E-state index in [1.807, 2.05) is 43.6 Å². The van der Waals surface area contributed by atoms with Crippen LogP contribution in [-0.4, -0.2) is 7.05 Å². The molecule has 0 bridgehead atoms. The first-order valence-electron chi connectivity index (χ1n) is 6.04. The first-order valence-corrected chi connectivity index (χ1v) is 6.04. The molecule has 0 aliphatic rings. The Morgan fingerprint density at radius 3 is 2.78 bits per heavy atom. The Kier molecular flexibility index (Phi) is 2.90. The first-order chi connectivity index (χ1) is 8.86. The average Bonchev–Trinajstić information content (AvgIpc) is 2.99. The van der Waals surface area contributed by atoms with Crippen LogP contribution in [0.5, 0.6) is 0 Å². The van der Waals surface area contributed by atoms with Gasteiger partial charge in [-0.15, -0.1) is 0 Å². The van der Waals surface area contributed by atoms with Gasteiger partial charge in [-0.2, -0.15) is 0 Å². The van der Waals surface area contributed by atoms with Gasteiger partial charge in [0.15, 0.2) is 0 Å². The molecular weight excluding hydrogens is 226 g/mol. The Morgan fingerprint density at radius 2 is 1.89 bits per heavy atom. The van der Waals surface area contributed by atoms with Crippen molar-refractivity contribution in [3.63, 3.8) is 0 Å². The third kappa shape index (κ3) is 2.05. The molecule has 2 heterocycles. The molecule has 0 aliphatic carbocycles. The summed E-state index contributed by atoms with van der Waals surface area (Å²) >= 11 is 0. The highest BCUT2D eigenvalue weighted by molar-refractivity contribution is 5.81. The summed E-state index contributed by atoms with van der Waals surface area (Å²) < 4.78 is 11.3. The number of nitrogens with one attached hydrogen (secondary N) is 1. The standard InChI is InChI=1S/C15H15NO2/c1-16-9-13-7-6-12(18-13)8-11-10-17-15-5-3-2-4-14(11)15/h2-7,10,16H,8-9H2,1H3. The number of para-hydroxylation sites is 1. The summed E-state index contributed by atoms with van der Waals surface area (Å²) in [4.78, 5) is 0. The normalized spacial score (nSPS) is 11.2. The summed E-state index contributed by atoms with van der Waals surface area (Å²) in [6.07, 6.45) is 2.58. The Bertz CT molecular complexity index is 651. The van der Waals surface area contributed by atoms with E-state index in [1.165, 1.54) is 0 Å². The van der Waals surface area contributed by atoms with Crippen molar-refractivity contribution < 1.29 is 8.83 Å². The van der Waals surface area contributed by atoms with Crippen molar-refractivity contribution in [3.05, 3.63) is 59.7 Å². The van der Waals surface area contributed by atoms with Gasteiger partial charge in [0.25, 0.3) is 0 Å². The lowest BCUT2D eigenvalue weighted by Gasteiger charge is -1.96. The van der Waals surface area contributed by atoms with Gasteiger partial charge in [0.05, 0.1) is 12.8 Å². The number of hydrogen-bond donors (Lipinski definition) is 1. The molecule has 3 heteroatoms. The van der Waals surface area contributed by atoms with Gasteiger partial charge in [-0.3, -0.25) is 0 Å². The van der Waals surface area contributed by atoms with Crippen LogP contribution in [0.25, 0.3) is 11.0 Å². The average molecular weight is 241 g/mol. The van der Waals surface area contributed by atoms with Gasteiger partial charge in [-0.05, 0) is 25.2 Å². The molecular formula is C15H15NO2. The fourth-order valence-electron chi connectivity index (χ4n) is 2.14. The fourth-order valence-corrected chi connectivity index (χ4v) is 2.14. The van der Waals surface area contributed by atoms with E-state index in [0.717, 1.165) is 41.0 Å². The molecule has 0 fully saturated rings. The molecule has 18 heavy (non-hydrogen) atoms. The molecule has 3 aromatic rings. The maximum atomic E-state index is 5.74. The Hall–Kier alpha value is -2.00. The van der Waals surface area contributed by atoms with Gasteiger partial charge in [-0.1, -0.05) is 18.2 Å². The highest BCUT2D eigenvalue weighted by Crippen LogP contribution is 2.23. The molecule has 2 aromatic heterocycles. The van der Waals surface area contributed by atoms with Crippen molar-refractivity contribution in [3.8, 4) is 0 Å². The lowest BCUT2D eigenvalue weighted by molar-refractivity contribution is 0.462. The van der Waals surface area contributed by atoms with Crippen molar-refractivity contribution in [2.45, 2.75) is 13.0 Å². The molecule has 0 aliphatic heterocycles. The summed E-state index contributed by atoms with van der Waals surface area (Å²) in [7, 11) is 1.91. The summed E-state index contributed by atoms with van der Waals surface area (Å²) in [6.45, 7) is 0.756. The van der Waals surface area contributed by atoms with Crippen LogP contribution in [0.15, 0.2) is 51.5 Å². The molecule has 0 saturated carbocycles. The van der Waals surface area contributed by atoms with Gasteiger partial charge < -0.3 is 14.2 Å². The number of furan rings is 2. The Balaban J connectivity index is 1.87. The minimum atomic E-state index is 0.756. The van der Waals surface area contributed by atoms with Crippen molar-refractivity contribution in [2.75, 3.05) is 7.05 Å². The molecule has 3 nitrogen and oxygen atoms in total. The molecule has 1 aromatic carbocycles. The molecule has 0 unspecified atom stereocenters. The van der Waals surface area contributed by atoms with Crippen molar-refractivity contribution >= 4 is 11.0 Å². The lowest BCUT2D eigenvalue weighted by atomic mass is 10.1. The van der Waals surface area contributed by atoms with Crippen molar-refractivity contribution in [2.24, 2.45) is 0 Å². The molecule has 92 valence electrons. The molecule has 3 rings (SSSR count). The van der Waals surface area contributed by atoms with Crippen LogP contribution in [0.2, 0.25) is 0 Å². The van der Waals surface area contributed by atoms with Gasteiger partial charge in [-0.25, -0.2) is 0 Å².